The van der Waals surface area contributed by atoms with Crippen LogP contribution in [0.2, 0.25) is 0 Å². The molecule has 7 rings (SSSR count). The lowest BCUT2D eigenvalue weighted by molar-refractivity contribution is -0.114. The molecule has 7 nitrogen and oxygen atoms in total. The van der Waals surface area contributed by atoms with Gasteiger partial charge in [0, 0.05) is 34.5 Å². The molecule has 1 N–H and O–H groups in total. The molecule has 3 aliphatic heterocycles. The molecule has 4 atom stereocenters. The highest BCUT2D eigenvalue weighted by molar-refractivity contribution is 9.10. The highest BCUT2D eigenvalue weighted by Gasteiger charge is 2.61. The van der Waals surface area contributed by atoms with E-state index in [9.17, 15) is 18.0 Å². The minimum atomic E-state index is -3.99. The molecule has 1 unspecified atom stereocenters. The number of rotatable bonds is 2. The molecule has 1 aromatic heterocycles. The fourth-order valence-corrected chi connectivity index (χ4v) is 10.1. The normalized spacial score (nSPS) is 30.5. The van der Waals surface area contributed by atoms with E-state index in [2.05, 4.69) is 21.2 Å². The molecule has 1 spiro atoms. The monoisotopic (exact) mass is 569 g/mol. The second-order valence-corrected chi connectivity index (χ2v) is 13.7. The van der Waals surface area contributed by atoms with Gasteiger partial charge in [0.25, 0.3) is 10.0 Å². The number of nitrogens with one attached hydrogen (secondary N) is 1. The van der Waals surface area contributed by atoms with Gasteiger partial charge in [-0.2, -0.15) is 0 Å². The maximum Gasteiger partial charge on any atom is 0.268 e. The van der Waals surface area contributed by atoms with Gasteiger partial charge in [-0.05, 0) is 43.5 Å². The molecular weight excluding hydrogens is 550 g/mol. The lowest BCUT2D eigenvalue weighted by Crippen LogP contribution is -2.48. The minimum absolute atomic E-state index is 0.0169. The zero-order valence-electron chi connectivity index (χ0n) is 18.6. The molecule has 0 radical (unpaired) electrons. The first-order valence-corrected chi connectivity index (χ1v) is 14.7. The van der Waals surface area contributed by atoms with Gasteiger partial charge in [-0.25, -0.2) is 12.4 Å². The molecule has 1 fully saturated rings. The number of alkyl halides is 1. The van der Waals surface area contributed by atoms with Crippen molar-refractivity contribution >= 4 is 60.7 Å². The maximum absolute atomic E-state index is 14.0. The van der Waals surface area contributed by atoms with Crippen molar-refractivity contribution in [1.29, 1.82) is 0 Å². The summed E-state index contributed by atoms with van der Waals surface area (Å²) >= 11 is 5.22. The highest BCUT2D eigenvalue weighted by atomic mass is 79.9. The summed E-state index contributed by atoms with van der Waals surface area (Å²) in [6, 6.07) is 6.65. The number of aromatic nitrogens is 1. The summed E-state index contributed by atoms with van der Waals surface area (Å²) in [6.45, 7) is 2.52. The first-order chi connectivity index (χ1) is 16.7. The number of hydrogen-bond donors (Lipinski definition) is 1. The average Bonchev–Trinajstić information content (AvgIpc) is 3.38. The number of ketones is 2. The zero-order chi connectivity index (χ0) is 24.3. The summed E-state index contributed by atoms with van der Waals surface area (Å²) in [6.07, 6.45) is 6.49. The van der Waals surface area contributed by atoms with Gasteiger partial charge in [-0.1, -0.05) is 39.7 Å². The van der Waals surface area contributed by atoms with Gasteiger partial charge in [-0.3, -0.25) is 14.6 Å². The third-order valence-corrected chi connectivity index (χ3v) is 12.2. The molecule has 1 saturated heterocycles. The van der Waals surface area contributed by atoms with E-state index in [1.807, 2.05) is 13.0 Å². The van der Waals surface area contributed by atoms with Crippen LogP contribution in [-0.4, -0.2) is 51.7 Å². The molecule has 0 amide bonds. The van der Waals surface area contributed by atoms with Crippen LogP contribution in [0.3, 0.4) is 0 Å². The second-order valence-electron chi connectivity index (χ2n) is 9.62. The molecule has 10 heteroatoms. The molecule has 1 aromatic carbocycles. The number of halogens is 1. The standard InChI is InChI=1S/C25H20BrN3O4S2/c1-12-2-4-14(5-3-12)35(32,33)29-11-13-7-9-27-20-17(13)22(29)23(31)21-18(20)25-8-6-15(30)19(26)24(25)34-16(10-25)28-21/h2-6,8,11,16,19,24,27H,7,9-10H2,1H3/t16-,19?,24-,25+/m0/s1. The van der Waals surface area contributed by atoms with Crippen LogP contribution < -0.4 is 5.32 Å². The highest BCUT2D eigenvalue weighted by Crippen LogP contribution is 2.62. The first-order valence-electron chi connectivity index (χ1n) is 11.4. The summed E-state index contributed by atoms with van der Waals surface area (Å²) in [4.78, 5) is 31.1. The van der Waals surface area contributed by atoms with E-state index >= 15 is 0 Å². The molecule has 0 saturated carbocycles. The van der Waals surface area contributed by atoms with Crippen molar-refractivity contribution in [3.05, 3.63) is 70.6 Å². The molecule has 2 aliphatic carbocycles. The molecule has 35 heavy (non-hydrogen) atoms. The maximum atomic E-state index is 14.0. The van der Waals surface area contributed by atoms with Gasteiger partial charge >= 0.3 is 0 Å². The Balaban J connectivity index is 1.50. The Labute approximate surface area is 214 Å². The van der Waals surface area contributed by atoms with Crippen molar-refractivity contribution in [2.24, 2.45) is 10.4 Å². The van der Waals surface area contributed by atoms with Gasteiger partial charge in [0.2, 0.25) is 5.78 Å². The van der Waals surface area contributed by atoms with E-state index in [-0.39, 0.29) is 37.6 Å². The number of thioether (sulfide) groups is 1. The van der Waals surface area contributed by atoms with Crippen LogP contribution in [0, 0.1) is 12.3 Å². The largest absolute Gasteiger partial charge is 0.384 e. The van der Waals surface area contributed by atoms with Crippen molar-refractivity contribution in [3.8, 4) is 0 Å². The van der Waals surface area contributed by atoms with E-state index in [1.54, 1.807) is 48.3 Å². The fraction of sp³-hybridized carbons (Fsp3) is 0.320. The van der Waals surface area contributed by atoms with Crippen LogP contribution in [0.25, 0.3) is 5.70 Å². The number of benzene rings is 1. The summed E-state index contributed by atoms with van der Waals surface area (Å²) in [5.74, 6) is -0.352. The Hall–Kier alpha value is -2.43. The molecule has 178 valence electrons. The quantitative estimate of drug-likeness (QED) is 0.557. The minimum Gasteiger partial charge on any atom is -0.384 e. The summed E-state index contributed by atoms with van der Waals surface area (Å²) in [5, 5.41) is 3.23. The smallest absolute Gasteiger partial charge is 0.268 e. The van der Waals surface area contributed by atoms with Crippen molar-refractivity contribution in [1.82, 2.24) is 9.29 Å². The third kappa shape index (κ3) is 2.73. The Morgan fingerprint density at radius 1 is 1.23 bits per heavy atom. The van der Waals surface area contributed by atoms with Crippen LogP contribution in [-0.2, 0) is 21.2 Å². The zero-order valence-corrected chi connectivity index (χ0v) is 21.8. The number of allylic oxidation sites excluding steroid dienone is 3. The Kier molecular flexibility index (Phi) is 4.41. The van der Waals surface area contributed by atoms with E-state index in [4.69, 9.17) is 4.99 Å². The van der Waals surface area contributed by atoms with Crippen molar-refractivity contribution in [3.63, 3.8) is 0 Å². The van der Waals surface area contributed by atoms with Crippen LogP contribution >= 0.6 is 27.7 Å². The molecule has 2 aromatic rings. The number of nitrogens with zero attached hydrogens (tertiary/aromatic N) is 2. The average molecular weight is 570 g/mol. The number of aliphatic imine (C=N–C) groups is 1. The van der Waals surface area contributed by atoms with Gasteiger partial charge in [0.1, 0.15) is 11.4 Å². The van der Waals surface area contributed by atoms with Gasteiger partial charge in [0.15, 0.2) is 5.78 Å². The third-order valence-electron chi connectivity index (χ3n) is 7.64. The van der Waals surface area contributed by atoms with E-state index in [0.29, 0.717) is 30.7 Å². The lowest BCUT2D eigenvalue weighted by atomic mass is 9.64. The van der Waals surface area contributed by atoms with Crippen molar-refractivity contribution in [2.75, 3.05) is 6.54 Å². The predicted octanol–water partition coefficient (Wildman–Crippen LogP) is 3.26. The first kappa shape index (κ1) is 21.8. The second kappa shape index (κ2) is 7.08. The van der Waals surface area contributed by atoms with E-state index in [1.165, 1.54) is 0 Å². The van der Waals surface area contributed by atoms with Crippen LogP contribution in [0.1, 0.15) is 33.6 Å². The number of Topliss-reactive ketones (excluding diaryl/α,β-unsaturated/α-hetero) is 1. The number of carbonyl (C=O) groups is 2. The predicted molar refractivity (Wildman–Crippen MR) is 138 cm³/mol. The van der Waals surface area contributed by atoms with E-state index < -0.39 is 15.4 Å². The summed E-state index contributed by atoms with van der Waals surface area (Å²) < 4.78 is 28.6. The van der Waals surface area contributed by atoms with Crippen LogP contribution in [0.5, 0.6) is 0 Å². The Morgan fingerprint density at radius 3 is 2.77 bits per heavy atom. The Bertz CT molecular complexity index is 1570. The molecule has 5 aliphatic rings. The lowest BCUT2D eigenvalue weighted by Gasteiger charge is -2.43. The SMILES string of the molecule is Cc1ccc(S(=O)(=O)n2cc3c4c2C(=O)C2=N[C@@H]5C[C@]6(C=CC(=O)C(Br)[C@@H]6S5)C2=C4NCC3)cc1. The summed E-state index contributed by atoms with van der Waals surface area (Å²) in [7, 11) is -3.99. The summed E-state index contributed by atoms with van der Waals surface area (Å²) in [5.41, 5.74) is 3.98. The van der Waals surface area contributed by atoms with Gasteiger partial charge in [0.05, 0.1) is 20.8 Å². The topological polar surface area (TPSA) is 97.6 Å². The Morgan fingerprint density at radius 2 is 2.00 bits per heavy atom. The van der Waals surface area contributed by atoms with Crippen LogP contribution in [0.15, 0.2) is 58.1 Å². The number of aryl methyl sites for hydroxylation is 1. The molecular formula is C25H20BrN3O4S2. The molecule has 2 bridgehead atoms. The fourth-order valence-electron chi connectivity index (χ4n) is 6.03. The van der Waals surface area contributed by atoms with Gasteiger partial charge < -0.3 is 5.32 Å². The van der Waals surface area contributed by atoms with E-state index in [0.717, 1.165) is 26.4 Å². The van der Waals surface area contributed by atoms with Crippen LogP contribution in [0.4, 0.5) is 0 Å². The number of fused-ring (bicyclic) bond motifs is 2. The number of hydrogen-bond acceptors (Lipinski definition) is 7. The van der Waals surface area contributed by atoms with Gasteiger partial charge in [-0.15, -0.1) is 11.8 Å². The molecule has 4 heterocycles. The number of carbonyl (C=O) groups excluding carboxylic acids is 2. The van der Waals surface area contributed by atoms with Crippen molar-refractivity contribution < 1.29 is 18.0 Å². The van der Waals surface area contributed by atoms with Crippen molar-refractivity contribution in [2.45, 2.75) is 40.1 Å².